The Kier molecular flexibility index (Phi) is 5.52. The van der Waals surface area contributed by atoms with Crippen molar-refractivity contribution < 1.29 is 19.1 Å². The number of amides is 1. The van der Waals surface area contributed by atoms with E-state index >= 15 is 0 Å². The molecule has 0 atom stereocenters. The molecule has 0 radical (unpaired) electrons. The Labute approximate surface area is 147 Å². The van der Waals surface area contributed by atoms with Crippen LogP contribution < -0.4 is 0 Å². The van der Waals surface area contributed by atoms with Gasteiger partial charge < -0.3 is 14.4 Å². The monoisotopic (exact) mass is 354 g/mol. The number of hydrogen-bond donors (Lipinski definition) is 0. The Hall–Kier alpha value is -1.63. The van der Waals surface area contributed by atoms with Gasteiger partial charge in [0.1, 0.15) is 5.60 Å². The van der Waals surface area contributed by atoms with Gasteiger partial charge in [0.2, 0.25) is 0 Å². The molecule has 0 N–H and O–H groups in total. The summed E-state index contributed by atoms with van der Waals surface area (Å²) in [5.74, 6) is -0.380. The van der Waals surface area contributed by atoms with E-state index < -0.39 is 5.60 Å². The first kappa shape index (κ1) is 18.7. The Morgan fingerprint density at radius 3 is 2.50 bits per heavy atom. The molecule has 1 aromatic rings. The molecule has 0 aliphatic carbocycles. The number of ether oxygens (including phenoxy) is 2. The molecule has 7 heteroatoms. The first-order chi connectivity index (χ1) is 11.1. The summed E-state index contributed by atoms with van der Waals surface area (Å²) in [5, 5.41) is 2.67. The second kappa shape index (κ2) is 7.09. The molecule has 1 fully saturated rings. The fraction of sp³-hybridized carbons (Fsp3) is 0.706. The van der Waals surface area contributed by atoms with Crippen molar-refractivity contribution in [2.24, 2.45) is 0 Å². The van der Waals surface area contributed by atoms with Gasteiger partial charge in [-0.2, -0.15) is 0 Å². The summed E-state index contributed by atoms with van der Waals surface area (Å²) in [6, 6.07) is 0. The zero-order valence-corrected chi connectivity index (χ0v) is 15.9. The van der Waals surface area contributed by atoms with Gasteiger partial charge in [-0.15, -0.1) is 11.3 Å². The summed E-state index contributed by atoms with van der Waals surface area (Å²) in [5.41, 5.74) is -0.247. The molecule has 0 bridgehead atoms. The van der Waals surface area contributed by atoms with E-state index in [1.165, 1.54) is 11.3 Å². The summed E-state index contributed by atoms with van der Waals surface area (Å²) in [7, 11) is 0. The van der Waals surface area contributed by atoms with E-state index in [0.29, 0.717) is 25.4 Å². The number of piperidine rings is 1. The van der Waals surface area contributed by atoms with Crippen molar-refractivity contribution in [2.45, 2.75) is 58.5 Å². The highest BCUT2D eigenvalue weighted by atomic mass is 32.1. The molecule has 0 saturated carbocycles. The molecule has 0 aromatic carbocycles. The maximum Gasteiger partial charge on any atom is 0.410 e. The minimum atomic E-state index is -0.484. The minimum absolute atomic E-state index is 0.131. The molecule has 0 unspecified atom stereocenters. The van der Waals surface area contributed by atoms with Crippen LogP contribution in [0.2, 0.25) is 0 Å². The van der Waals surface area contributed by atoms with Crippen LogP contribution in [-0.2, 0) is 14.9 Å². The second-order valence-corrected chi connectivity index (χ2v) is 8.14. The number of carbonyl (C=O) groups excluding carboxylic acids is 2. The lowest BCUT2D eigenvalue weighted by molar-refractivity contribution is 0.0171. The third-order valence-corrected chi connectivity index (χ3v) is 5.17. The number of likely N-dealkylation sites (tertiary alicyclic amines) is 1. The van der Waals surface area contributed by atoms with Gasteiger partial charge in [0.25, 0.3) is 0 Å². The molecule has 1 aromatic heterocycles. The van der Waals surface area contributed by atoms with Crippen molar-refractivity contribution in [1.82, 2.24) is 9.88 Å². The van der Waals surface area contributed by atoms with Crippen LogP contribution in [0.3, 0.4) is 0 Å². The topological polar surface area (TPSA) is 68.7 Å². The predicted molar refractivity (Wildman–Crippen MR) is 92.5 cm³/mol. The van der Waals surface area contributed by atoms with E-state index in [9.17, 15) is 9.59 Å². The summed E-state index contributed by atoms with van der Waals surface area (Å²) in [4.78, 5) is 30.1. The van der Waals surface area contributed by atoms with Crippen molar-refractivity contribution >= 4 is 23.4 Å². The first-order valence-electron chi connectivity index (χ1n) is 8.26. The zero-order valence-electron chi connectivity index (χ0n) is 15.0. The molecule has 1 saturated heterocycles. The number of esters is 1. The van der Waals surface area contributed by atoms with Gasteiger partial charge in [0.15, 0.2) is 5.69 Å². The van der Waals surface area contributed by atoms with E-state index in [0.717, 1.165) is 17.8 Å². The molecule has 2 heterocycles. The fourth-order valence-electron chi connectivity index (χ4n) is 2.57. The third kappa shape index (κ3) is 4.47. The number of hydrogen-bond acceptors (Lipinski definition) is 6. The maximum absolute atomic E-state index is 12.2. The highest BCUT2D eigenvalue weighted by molar-refractivity contribution is 7.10. The second-order valence-electron chi connectivity index (χ2n) is 7.29. The lowest BCUT2D eigenvalue weighted by atomic mass is 9.81. The van der Waals surface area contributed by atoms with Crippen molar-refractivity contribution in [1.29, 1.82) is 0 Å². The predicted octanol–water partition coefficient (Wildman–Crippen LogP) is 3.61. The number of carbonyl (C=O) groups is 2. The maximum atomic E-state index is 12.2. The third-order valence-electron chi connectivity index (χ3n) is 4.02. The molecular weight excluding hydrogens is 328 g/mol. The molecule has 1 aliphatic heterocycles. The van der Waals surface area contributed by atoms with Gasteiger partial charge in [-0.3, -0.25) is 0 Å². The number of nitrogens with zero attached hydrogens (tertiary/aromatic N) is 2. The fourth-order valence-corrected chi connectivity index (χ4v) is 3.58. The number of rotatable bonds is 3. The van der Waals surface area contributed by atoms with Crippen molar-refractivity contribution in [3.8, 4) is 0 Å². The van der Waals surface area contributed by atoms with Crippen LogP contribution in [0, 0.1) is 0 Å². The standard InChI is InChI=1S/C17H26N2O4S/c1-6-22-13(20)12-11-24-14(18-12)17(5)7-9-19(10-8-17)15(21)23-16(2,3)4/h11H,6-10H2,1-5H3. The minimum Gasteiger partial charge on any atom is -0.461 e. The Bertz CT molecular complexity index is 598. The largest absolute Gasteiger partial charge is 0.461 e. The van der Waals surface area contributed by atoms with Crippen LogP contribution >= 0.6 is 11.3 Å². The molecule has 6 nitrogen and oxygen atoms in total. The van der Waals surface area contributed by atoms with Gasteiger partial charge in [-0.05, 0) is 40.5 Å². The van der Waals surface area contributed by atoms with E-state index in [-0.39, 0.29) is 17.5 Å². The molecule has 24 heavy (non-hydrogen) atoms. The van der Waals surface area contributed by atoms with Crippen LogP contribution in [0.25, 0.3) is 0 Å². The molecule has 2 rings (SSSR count). The van der Waals surface area contributed by atoms with Crippen molar-refractivity contribution in [2.75, 3.05) is 19.7 Å². The smallest absolute Gasteiger partial charge is 0.410 e. The van der Waals surface area contributed by atoms with E-state index in [4.69, 9.17) is 9.47 Å². The average molecular weight is 354 g/mol. The summed E-state index contributed by atoms with van der Waals surface area (Å²) in [6.07, 6.45) is 1.32. The Balaban J connectivity index is 1.99. The highest BCUT2D eigenvalue weighted by Gasteiger charge is 2.37. The SMILES string of the molecule is CCOC(=O)c1csc(C2(C)CCN(C(=O)OC(C)(C)C)CC2)n1. The lowest BCUT2D eigenvalue weighted by Crippen LogP contribution is -2.45. The van der Waals surface area contributed by atoms with Gasteiger partial charge in [0.05, 0.1) is 11.6 Å². The van der Waals surface area contributed by atoms with Crippen molar-refractivity contribution in [3.05, 3.63) is 16.1 Å². The first-order valence-corrected chi connectivity index (χ1v) is 9.13. The molecular formula is C17H26N2O4S. The molecule has 0 spiro atoms. The van der Waals surface area contributed by atoms with E-state index in [1.807, 2.05) is 20.8 Å². The lowest BCUT2D eigenvalue weighted by Gasteiger charge is -2.38. The zero-order chi connectivity index (χ0) is 18.0. The molecule has 134 valence electrons. The normalized spacial score (nSPS) is 17.5. The van der Waals surface area contributed by atoms with Gasteiger partial charge in [-0.25, -0.2) is 14.6 Å². The quantitative estimate of drug-likeness (QED) is 0.776. The highest BCUT2D eigenvalue weighted by Crippen LogP contribution is 2.37. The molecule has 1 amide bonds. The number of thiazole rings is 1. The summed E-state index contributed by atoms with van der Waals surface area (Å²) in [6.45, 7) is 11.1. The summed E-state index contributed by atoms with van der Waals surface area (Å²) < 4.78 is 10.4. The van der Waals surface area contributed by atoms with Crippen LogP contribution in [0.15, 0.2) is 5.38 Å². The van der Waals surface area contributed by atoms with Crippen LogP contribution in [-0.4, -0.2) is 47.2 Å². The van der Waals surface area contributed by atoms with E-state index in [2.05, 4.69) is 11.9 Å². The Morgan fingerprint density at radius 2 is 1.96 bits per heavy atom. The van der Waals surface area contributed by atoms with Gasteiger partial charge in [0, 0.05) is 23.9 Å². The van der Waals surface area contributed by atoms with Crippen LogP contribution in [0.4, 0.5) is 4.79 Å². The average Bonchev–Trinajstić information content (AvgIpc) is 2.97. The van der Waals surface area contributed by atoms with E-state index in [1.54, 1.807) is 17.2 Å². The Morgan fingerprint density at radius 1 is 1.33 bits per heavy atom. The van der Waals surface area contributed by atoms with Gasteiger partial charge >= 0.3 is 12.1 Å². The molecule has 1 aliphatic rings. The number of aromatic nitrogens is 1. The van der Waals surface area contributed by atoms with Gasteiger partial charge in [-0.1, -0.05) is 6.92 Å². The van der Waals surface area contributed by atoms with Crippen molar-refractivity contribution in [3.63, 3.8) is 0 Å². The summed E-state index contributed by atoms with van der Waals surface area (Å²) >= 11 is 1.48. The van der Waals surface area contributed by atoms with Crippen LogP contribution in [0.1, 0.15) is 63.0 Å². The van der Waals surface area contributed by atoms with Crippen LogP contribution in [0.5, 0.6) is 0 Å².